The summed E-state index contributed by atoms with van der Waals surface area (Å²) in [5.41, 5.74) is 5.84. The Bertz CT molecular complexity index is 581. The number of likely N-dealkylation sites (N-methyl/N-ethyl adjacent to an activating group) is 1. The van der Waals surface area contributed by atoms with Crippen molar-refractivity contribution in [2.24, 2.45) is 7.05 Å². The summed E-state index contributed by atoms with van der Waals surface area (Å²) >= 11 is 0. The van der Waals surface area contributed by atoms with Crippen LogP contribution < -0.4 is 0 Å². The van der Waals surface area contributed by atoms with Crippen LogP contribution in [0.4, 0.5) is 0 Å². The van der Waals surface area contributed by atoms with Gasteiger partial charge in [0.1, 0.15) is 0 Å². The van der Waals surface area contributed by atoms with E-state index in [4.69, 9.17) is 0 Å². The summed E-state index contributed by atoms with van der Waals surface area (Å²) in [7, 11) is 6.51. The highest BCUT2D eigenvalue weighted by Gasteiger charge is 2.22. The van der Waals surface area contributed by atoms with Gasteiger partial charge in [-0.05, 0) is 56.6 Å². The normalized spacial score (nSPS) is 18.6. The molecule has 0 spiro atoms. The Morgan fingerprint density at radius 3 is 2.68 bits per heavy atom. The fourth-order valence-electron chi connectivity index (χ4n) is 3.21. The average molecular weight is 254 g/mol. The van der Waals surface area contributed by atoms with Crippen LogP contribution in [0.5, 0.6) is 0 Å². The number of nitrogens with zero attached hydrogens (tertiary/aromatic N) is 2. The molecule has 0 radical (unpaired) electrons. The molecule has 0 amide bonds. The Balaban J connectivity index is 2.02. The quantitative estimate of drug-likeness (QED) is 0.799. The van der Waals surface area contributed by atoms with E-state index in [1.807, 2.05) is 0 Å². The zero-order valence-corrected chi connectivity index (χ0v) is 12.1. The lowest BCUT2D eigenvalue weighted by molar-refractivity contribution is 0.268. The van der Waals surface area contributed by atoms with Crippen molar-refractivity contribution in [1.82, 2.24) is 9.47 Å². The van der Waals surface area contributed by atoms with E-state index in [0.29, 0.717) is 6.04 Å². The Kier molecular flexibility index (Phi) is 3.19. The summed E-state index contributed by atoms with van der Waals surface area (Å²) < 4.78 is 2.22. The second-order valence-electron chi connectivity index (χ2n) is 5.81. The molecule has 0 aliphatic heterocycles. The number of rotatable bonds is 2. The molecule has 0 N–H and O–H groups in total. The van der Waals surface area contributed by atoms with Crippen LogP contribution in [-0.2, 0) is 19.9 Å². The van der Waals surface area contributed by atoms with Crippen molar-refractivity contribution in [3.05, 3.63) is 47.7 Å². The van der Waals surface area contributed by atoms with Crippen LogP contribution in [0.25, 0.3) is 11.3 Å². The number of hydrogen-bond acceptors (Lipinski definition) is 1. The third-order valence-corrected chi connectivity index (χ3v) is 4.41. The van der Waals surface area contributed by atoms with Crippen LogP contribution in [0.15, 0.2) is 36.5 Å². The molecule has 2 heteroatoms. The van der Waals surface area contributed by atoms with Crippen LogP contribution >= 0.6 is 0 Å². The first-order valence-corrected chi connectivity index (χ1v) is 7.05. The van der Waals surface area contributed by atoms with Crippen molar-refractivity contribution < 1.29 is 0 Å². The van der Waals surface area contributed by atoms with Crippen LogP contribution in [0.1, 0.15) is 17.5 Å². The standard InChI is InChI=1S/C17H22N2/c1-18(2)14-9-10-15-13(12-14)6-4-7-16(15)17-8-5-11-19(17)3/h4-8,11,14H,9-10,12H2,1-3H3/t14-/m1/s1. The van der Waals surface area contributed by atoms with Gasteiger partial charge < -0.3 is 9.47 Å². The number of aromatic nitrogens is 1. The van der Waals surface area contributed by atoms with Gasteiger partial charge in [-0.25, -0.2) is 0 Å². The van der Waals surface area contributed by atoms with Crippen LogP contribution in [0, 0.1) is 0 Å². The largest absolute Gasteiger partial charge is 0.351 e. The smallest absolute Gasteiger partial charge is 0.0480 e. The van der Waals surface area contributed by atoms with Crippen molar-refractivity contribution in [3.63, 3.8) is 0 Å². The second kappa shape index (κ2) is 4.86. The summed E-state index contributed by atoms with van der Waals surface area (Å²) in [6.07, 6.45) is 5.77. The molecular weight excluding hydrogens is 232 g/mol. The van der Waals surface area contributed by atoms with Crippen molar-refractivity contribution in [1.29, 1.82) is 0 Å². The van der Waals surface area contributed by atoms with Crippen LogP contribution in [-0.4, -0.2) is 29.6 Å². The zero-order valence-electron chi connectivity index (χ0n) is 12.1. The monoisotopic (exact) mass is 254 g/mol. The molecule has 1 aromatic carbocycles. The molecule has 0 bridgehead atoms. The lowest BCUT2D eigenvalue weighted by Gasteiger charge is -2.31. The highest BCUT2D eigenvalue weighted by atomic mass is 15.1. The molecule has 1 aliphatic rings. The average Bonchev–Trinajstić information content (AvgIpc) is 2.83. The number of hydrogen-bond donors (Lipinski definition) is 0. The minimum absolute atomic E-state index is 0.691. The SMILES string of the molecule is CN(C)[C@@H]1CCc2c(cccc2-c2cccn2C)C1. The first-order valence-electron chi connectivity index (χ1n) is 7.05. The summed E-state index contributed by atoms with van der Waals surface area (Å²) in [5.74, 6) is 0. The number of fused-ring (bicyclic) bond motifs is 1. The Morgan fingerprint density at radius 1 is 1.16 bits per heavy atom. The van der Waals surface area contributed by atoms with Gasteiger partial charge in [0.25, 0.3) is 0 Å². The van der Waals surface area contributed by atoms with E-state index < -0.39 is 0 Å². The lowest BCUT2D eigenvalue weighted by Crippen LogP contribution is -2.33. The molecule has 0 saturated heterocycles. The number of aryl methyl sites for hydroxylation is 1. The predicted octanol–water partition coefficient (Wildman–Crippen LogP) is 3.11. The summed E-state index contributed by atoms with van der Waals surface area (Å²) in [5, 5.41) is 0. The van der Waals surface area contributed by atoms with Gasteiger partial charge in [0.15, 0.2) is 0 Å². The van der Waals surface area contributed by atoms with E-state index in [0.717, 1.165) is 0 Å². The molecule has 1 aromatic heterocycles. The van der Waals surface area contributed by atoms with E-state index >= 15 is 0 Å². The third-order valence-electron chi connectivity index (χ3n) is 4.41. The molecule has 1 aliphatic carbocycles. The van der Waals surface area contributed by atoms with Gasteiger partial charge in [0.2, 0.25) is 0 Å². The topological polar surface area (TPSA) is 8.17 Å². The maximum Gasteiger partial charge on any atom is 0.0480 e. The van der Waals surface area contributed by atoms with E-state index in [2.05, 4.69) is 67.1 Å². The van der Waals surface area contributed by atoms with Gasteiger partial charge in [-0.3, -0.25) is 0 Å². The van der Waals surface area contributed by atoms with Crippen molar-refractivity contribution >= 4 is 0 Å². The second-order valence-corrected chi connectivity index (χ2v) is 5.81. The minimum Gasteiger partial charge on any atom is -0.351 e. The maximum atomic E-state index is 2.36. The third kappa shape index (κ3) is 2.21. The van der Waals surface area contributed by atoms with Gasteiger partial charge >= 0.3 is 0 Å². The molecule has 1 heterocycles. The minimum atomic E-state index is 0.691. The fraction of sp³-hybridized carbons (Fsp3) is 0.412. The van der Waals surface area contributed by atoms with E-state index in [1.54, 1.807) is 5.56 Å². The van der Waals surface area contributed by atoms with Gasteiger partial charge in [-0.1, -0.05) is 18.2 Å². The predicted molar refractivity (Wildman–Crippen MR) is 80.3 cm³/mol. The zero-order chi connectivity index (χ0) is 13.4. The summed E-state index contributed by atoms with van der Waals surface area (Å²) in [6.45, 7) is 0. The molecule has 0 fully saturated rings. The summed E-state index contributed by atoms with van der Waals surface area (Å²) in [6, 6.07) is 11.8. The molecule has 19 heavy (non-hydrogen) atoms. The molecule has 2 nitrogen and oxygen atoms in total. The molecule has 3 rings (SSSR count). The number of benzene rings is 1. The van der Waals surface area contributed by atoms with Gasteiger partial charge in [0.05, 0.1) is 0 Å². The summed E-state index contributed by atoms with van der Waals surface area (Å²) in [4.78, 5) is 2.36. The molecule has 100 valence electrons. The first kappa shape index (κ1) is 12.5. The van der Waals surface area contributed by atoms with Gasteiger partial charge in [-0.2, -0.15) is 0 Å². The van der Waals surface area contributed by atoms with Crippen molar-refractivity contribution in [2.45, 2.75) is 25.3 Å². The van der Waals surface area contributed by atoms with Gasteiger partial charge in [-0.15, -0.1) is 0 Å². The molecule has 0 saturated carbocycles. The first-order chi connectivity index (χ1) is 9.16. The maximum absolute atomic E-state index is 2.36. The molecule has 0 unspecified atom stereocenters. The molecule has 1 atom stereocenters. The van der Waals surface area contributed by atoms with E-state index in [-0.39, 0.29) is 0 Å². The Labute approximate surface area is 115 Å². The van der Waals surface area contributed by atoms with Crippen LogP contribution in [0.3, 0.4) is 0 Å². The Hall–Kier alpha value is -1.54. The fourth-order valence-corrected chi connectivity index (χ4v) is 3.21. The van der Waals surface area contributed by atoms with Crippen molar-refractivity contribution in [3.8, 4) is 11.3 Å². The van der Waals surface area contributed by atoms with E-state index in [1.165, 1.54) is 36.1 Å². The molecular formula is C17H22N2. The van der Waals surface area contributed by atoms with E-state index in [9.17, 15) is 0 Å². The highest BCUT2D eigenvalue weighted by molar-refractivity contribution is 5.66. The highest BCUT2D eigenvalue weighted by Crippen LogP contribution is 2.32. The Morgan fingerprint density at radius 2 is 2.00 bits per heavy atom. The van der Waals surface area contributed by atoms with Gasteiger partial charge in [0, 0.05) is 30.5 Å². The lowest BCUT2D eigenvalue weighted by atomic mass is 9.84. The molecule has 2 aromatic rings. The van der Waals surface area contributed by atoms with Crippen LogP contribution in [0.2, 0.25) is 0 Å². The van der Waals surface area contributed by atoms with Crippen molar-refractivity contribution in [2.75, 3.05) is 14.1 Å².